The summed E-state index contributed by atoms with van der Waals surface area (Å²) < 4.78 is 40.2. The lowest BCUT2D eigenvalue weighted by atomic mass is 10.0. The Morgan fingerprint density at radius 2 is 1.90 bits per heavy atom. The molecule has 2 atom stereocenters. The van der Waals surface area contributed by atoms with E-state index in [-0.39, 0.29) is 15.5 Å². The van der Waals surface area contributed by atoms with Crippen molar-refractivity contribution in [1.29, 1.82) is 0 Å². The van der Waals surface area contributed by atoms with E-state index in [2.05, 4.69) is 5.32 Å². The molecule has 0 radical (unpaired) electrons. The van der Waals surface area contributed by atoms with Gasteiger partial charge in [-0.05, 0) is 49.5 Å². The van der Waals surface area contributed by atoms with Gasteiger partial charge in [0, 0.05) is 13.1 Å². The molecule has 0 unspecified atom stereocenters. The van der Waals surface area contributed by atoms with Crippen molar-refractivity contribution in [1.82, 2.24) is 9.62 Å². The first-order valence-electron chi connectivity index (χ1n) is 6.56. The van der Waals surface area contributed by atoms with Gasteiger partial charge in [-0.15, -0.1) is 0 Å². The lowest BCUT2D eigenvalue weighted by molar-refractivity contribution is 0.448. The van der Waals surface area contributed by atoms with Gasteiger partial charge in [-0.25, -0.2) is 12.8 Å². The third-order valence-corrected chi connectivity index (χ3v) is 6.48. The predicted molar refractivity (Wildman–Crippen MR) is 74.8 cm³/mol. The van der Waals surface area contributed by atoms with Crippen LogP contribution in [0.4, 0.5) is 4.39 Å². The van der Waals surface area contributed by atoms with Crippen molar-refractivity contribution in [3.63, 3.8) is 0 Å². The number of hydrogen-bond donors (Lipinski definition) is 1. The Bertz CT molecular complexity index is 638. The second kappa shape index (κ2) is 4.94. The summed E-state index contributed by atoms with van der Waals surface area (Å²) in [6.45, 7) is 4.26. The number of fused-ring (bicyclic) bond motifs is 1. The highest BCUT2D eigenvalue weighted by Gasteiger charge is 2.42. The monoisotopic (exact) mass is 318 g/mol. The maximum atomic E-state index is 13.4. The van der Waals surface area contributed by atoms with Crippen LogP contribution in [0.25, 0.3) is 0 Å². The number of sulfonamides is 1. The van der Waals surface area contributed by atoms with Crippen LogP contribution in [0.2, 0.25) is 5.02 Å². The summed E-state index contributed by atoms with van der Waals surface area (Å²) in [6, 6.07) is 2.39. The van der Waals surface area contributed by atoms with Crippen LogP contribution in [0.1, 0.15) is 5.56 Å². The Hall–Kier alpha value is -0.690. The maximum Gasteiger partial charge on any atom is 0.244 e. The molecule has 110 valence electrons. The Labute approximate surface area is 123 Å². The number of aryl methyl sites for hydroxylation is 1. The molecule has 4 nitrogen and oxygen atoms in total. The number of nitrogens with one attached hydrogen (secondary N) is 1. The van der Waals surface area contributed by atoms with Crippen LogP contribution in [0.3, 0.4) is 0 Å². The van der Waals surface area contributed by atoms with Crippen LogP contribution in [0.5, 0.6) is 0 Å². The molecule has 0 bridgehead atoms. The number of benzene rings is 1. The highest BCUT2D eigenvalue weighted by molar-refractivity contribution is 7.89. The third kappa shape index (κ3) is 2.24. The van der Waals surface area contributed by atoms with Gasteiger partial charge in [0.2, 0.25) is 10.0 Å². The van der Waals surface area contributed by atoms with Crippen molar-refractivity contribution >= 4 is 21.6 Å². The second-order valence-corrected chi connectivity index (χ2v) is 7.85. The van der Waals surface area contributed by atoms with Crippen molar-refractivity contribution in [3.05, 3.63) is 28.5 Å². The van der Waals surface area contributed by atoms with E-state index in [0.29, 0.717) is 24.9 Å². The van der Waals surface area contributed by atoms with E-state index in [9.17, 15) is 12.8 Å². The van der Waals surface area contributed by atoms with Gasteiger partial charge < -0.3 is 5.32 Å². The van der Waals surface area contributed by atoms with Gasteiger partial charge in [0.25, 0.3) is 0 Å². The Morgan fingerprint density at radius 1 is 1.30 bits per heavy atom. The van der Waals surface area contributed by atoms with E-state index in [4.69, 9.17) is 11.6 Å². The SMILES string of the molecule is Cc1cc(S(=O)(=O)N2C[C@H]3CNC[C@H]3C2)c(Cl)cc1F. The quantitative estimate of drug-likeness (QED) is 0.901. The normalized spacial score (nSPS) is 26.9. The smallest absolute Gasteiger partial charge is 0.244 e. The third-order valence-electron chi connectivity index (χ3n) is 4.19. The van der Waals surface area contributed by atoms with Gasteiger partial charge in [-0.2, -0.15) is 4.31 Å². The summed E-state index contributed by atoms with van der Waals surface area (Å²) in [5.74, 6) is 0.242. The molecule has 20 heavy (non-hydrogen) atoms. The molecule has 1 aromatic rings. The van der Waals surface area contributed by atoms with Crippen LogP contribution >= 0.6 is 11.6 Å². The van der Waals surface area contributed by atoms with E-state index in [1.807, 2.05) is 0 Å². The molecule has 2 fully saturated rings. The molecule has 2 aliphatic heterocycles. The molecular weight excluding hydrogens is 303 g/mol. The fourth-order valence-electron chi connectivity index (χ4n) is 2.98. The summed E-state index contributed by atoms with van der Waals surface area (Å²) in [5.41, 5.74) is 0.286. The summed E-state index contributed by atoms with van der Waals surface area (Å²) in [5, 5.41) is 3.21. The Kier molecular flexibility index (Phi) is 3.52. The Morgan fingerprint density at radius 3 is 2.50 bits per heavy atom. The van der Waals surface area contributed by atoms with Gasteiger partial charge in [0.15, 0.2) is 0 Å². The molecule has 3 rings (SSSR count). The number of halogens is 2. The molecular formula is C13H16ClFN2O2S. The van der Waals surface area contributed by atoms with Gasteiger partial charge in [0.1, 0.15) is 10.7 Å². The molecule has 2 saturated heterocycles. The second-order valence-electron chi connectivity index (χ2n) is 5.53. The van der Waals surface area contributed by atoms with Crippen LogP contribution < -0.4 is 5.32 Å². The topological polar surface area (TPSA) is 49.4 Å². The average Bonchev–Trinajstić information content (AvgIpc) is 2.94. The minimum atomic E-state index is -3.64. The van der Waals surface area contributed by atoms with Crippen molar-refractivity contribution < 1.29 is 12.8 Å². The average molecular weight is 319 g/mol. The molecule has 0 aromatic heterocycles. The molecule has 0 saturated carbocycles. The Balaban J connectivity index is 1.95. The molecule has 1 aromatic carbocycles. The highest BCUT2D eigenvalue weighted by atomic mass is 35.5. The molecule has 0 spiro atoms. The van der Waals surface area contributed by atoms with Crippen molar-refractivity contribution in [2.24, 2.45) is 11.8 Å². The largest absolute Gasteiger partial charge is 0.316 e. The van der Waals surface area contributed by atoms with E-state index >= 15 is 0 Å². The standard InChI is InChI=1S/C13H16ClFN2O2S/c1-8-2-13(11(14)3-12(8)15)20(18,19)17-6-9-4-16-5-10(9)7-17/h2-3,9-10,16H,4-7H2,1H3/t9-,10+. The van der Waals surface area contributed by atoms with Crippen LogP contribution in [-0.2, 0) is 10.0 Å². The van der Waals surface area contributed by atoms with Crippen LogP contribution in [0.15, 0.2) is 17.0 Å². The fourth-order valence-corrected chi connectivity index (χ4v) is 5.10. The summed E-state index contributed by atoms with van der Waals surface area (Å²) in [6.07, 6.45) is 0. The van der Waals surface area contributed by atoms with E-state index < -0.39 is 15.8 Å². The van der Waals surface area contributed by atoms with Gasteiger partial charge >= 0.3 is 0 Å². The number of nitrogens with zero attached hydrogens (tertiary/aromatic N) is 1. The summed E-state index contributed by atoms with van der Waals surface area (Å²) in [7, 11) is -3.64. The molecule has 0 aliphatic carbocycles. The van der Waals surface area contributed by atoms with Crippen molar-refractivity contribution in [3.8, 4) is 0 Å². The first kappa shape index (κ1) is 14.3. The van der Waals surface area contributed by atoms with Crippen LogP contribution in [0, 0.1) is 24.6 Å². The predicted octanol–water partition coefficient (Wildman–Crippen LogP) is 1.63. The lowest BCUT2D eigenvalue weighted by Crippen LogP contribution is -2.32. The zero-order valence-electron chi connectivity index (χ0n) is 11.1. The van der Waals surface area contributed by atoms with Gasteiger partial charge in [-0.3, -0.25) is 0 Å². The molecule has 2 heterocycles. The van der Waals surface area contributed by atoms with E-state index in [1.54, 1.807) is 0 Å². The maximum absolute atomic E-state index is 13.4. The lowest BCUT2D eigenvalue weighted by Gasteiger charge is -2.18. The molecule has 2 aliphatic rings. The minimum Gasteiger partial charge on any atom is -0.316 e. The van der Waals surface area contributed by atoms with Crippen molar-refractivity contribution in [2.75, 3.05) is 26.2 Å². The highest BCUT2D eigenvalue weighted by Crippen LogP contribution is 2.33. The van der Waals surface area contributed by atoms with Gasteiger partial charge in [-0.1, -0.05) is 11.6 Å². The first-order valence-corrected chi connectivity index (χ1v) is 8.38. The molecule has 7 heteroatoms. The minimum absolute atomic E-state index is 0.00555. The summed E-state index contributed by atoms with van der Waals surface area (Å²) >= 11 is 5.93. The van der Waals surface area contributed by atoms with Crippen LogP contribution in [-0.4, -0.2) is 38.9 Å². The zero-order chi connectivity index (χ0) is 14.5. The first-order chi connectivity index (χ1) is 9.39. The summed E-state index contributed by atoms with van der Waals surface area (Å²) in [4.78, 5) is 0.00555. The zero-order valence-corrected chi connectivity index (χ0v) is 12.6. The number of hydrogen-bond acceptors (Lipinski definition) is 3. The fraction of sp³-hybridized carbons (Fsp3) is 0.538. The van der Waals surface area contributed by atoms with Gasteiger partial charge in [0.05, 0.1) is 5.02 Å². The molecule has 1 N–H and O–H groups in total. The van der Waals surface area contributed by atoms with Crippen molar-refractivity contribution in [2.45, 2.75) is 11.8 Å². The molecule has 0 amide bonds. The number of rotatable bonds is 2. The van der Waals surface area contributed by atoms with E-state index in [0.717, 1.165) is 19.2 Å². The van der Waals surface area contributed by atoms with E-state index in [1.165, 1.54) is 17.3 Å².